The number of fused-ring (bicyclic) bond motifs is 1. The molecule has 21 heavy (non-hydrogen) atoms. The molecular formula is C17H13FN2O. The van der Waals surface area contributed by atoms with E-state index in [0.717, 1.165) is 16.7 Å². The number of hydrogen-bond acceptors (Lipinski definition) is 3. The SMILES string of the molecule is CC(Nc1ccc(F)c(C#N)c1)c1cc2ccccc2o1. The molecule has 4 heteroatoms. The zero-order valence-corrected chi connectivity index (χ0v) is 11.4. The summed E-state index contributed by atoms with van der Waals surface area (Å²) in [5.74, 6) is 0.276. The Kier molecular flexibility index (Phi) is 3.33. The third kappa shape index (κ3) is 2.59. The number of nitrogens with one attached hydrogen (secondary N) is 1. The van der Waals surface area contributed by atoms with Crippen molar-refractivity contribution >= 4 is 16.7 Å². The second-order valence-corrected chi connectivity index (χ2v) is 4.86. The highest BCUT2D eigenvalue weighted by atomic mass is 19.1. The van der Waals surface area contributed by atoms with Crippen LogP contribution in [0.1, 0.15) is 24.3 Å². The van der Waals surface area contributed by atoms with E-state index < -0.39 is 5.82 Å². The Morgan fingerprint density at radius 3 is 2.76 bits per heavy atom. The van der Waals surface area contributed by atoms with Gasteiger partial charge in [0.2, 0.25) is 0 Å². The molecule has 1 unspecified atom stereocenters. The van der Waals surface area contributed by atoms with Gasteiger partial charge in [-0.25, -0.2) is 4.39 Å². The fourth-order valence-electron chi connectivity index (χ4n) is 2.24. The summed E-state index contributed by atoms with van der Waals surface area (Å²) in [7, 11) is 0. The molecule has 1 N–H and O–H groups in total. The number of para-hydroxylation sites is 1. The Balaban J connectivity index is 1.86. The van der Waals surface area contributed by atoms with Crippen molar-refractivity contribution in [3.8, 4) is 6.07 Å². The summed E-state index contributed by atoms with van der Waals surface area (Å²) >= 11 is 0. The summed E-state index contributed by atoms with van der Waals surface area (Å²) in [4.78, 5) is 0. The predicted octanol–water partition coefficient (Wildman–Crippen LogP) is 4.62. The molecule has 3 nitrogen and oxygen atoms in total. The van der Waals surface area contributed by atoms with Crippen molar-refractivity contribution < 1.29 is 8.81 Å². The van der Waals surface area contributed by atoms with E-state index in [1.807, 2.05) is 43.3 Å². The topological polar surface area (TPSA) is 49.0 Å². The molecule has 3 rings (SSSR count). The summed E-state index contributed by atoms with van der Waals surface area (Å²) in [5.41, 5.74) is 1.54. The molecule has 3 aromatic rings. The van der Waals surface area contributed by atoms with E-state index in [-0.39, 0.29) is 11.6 Å². The number of anilines is 1. The Labute approximate surface area is 121 Å². The molecular weight excluding hydrogens is 267 g/mol. The average molecular weight is 280 g/mol. The van der Waals surface area contributed by atoms with E-state index in [4.69, 9.17) is 9.68 Å². The van der Waals surface area contributed by atoms with Crippen LogP contribution in [0.25, 0.3) is 11.0 Å². The molecule has 0 fully saturated rings. The van der Waals surface area contributed by atoms with Crippen LogP contribution >= 0.6 is 0 Å². The zero-order valence-electron chi connectivity index (χ0n) is 11.4. The van der Waals surface area contributed by atoms with Crippen molar-refractivity contribution in [1.82, 2.24) is 0 Å². The summed E-state index contributed by atoms with van der Waals surface area (Å²) in [6, 6.07) is 15.9. The van der Waals surface area contributed by atoms with Crippen molar-refractivity contribution in [3.63, 3.8) is 0 Å². The fraction of sp³-hybridized carbons (Fsp3) is 0.118. The molecule has 1 atom stereocenters. The van der Waals surface area contributed by atoms with E-state index >= 15 is 0 Å². The summed E-state index contributed by atoms with van der Waals surface area (Å²) in [6.07, 6.45) is 0. The van der Waals surface area contributed by atoms with Crippen LogP contribution in [0.5, 0.6) is 0 Å². The zero-order chi connectivity index (χ0) is 14.8. The number of nitriles is 1. The van der Waals surface area contributed by atoms with Gasteiger partial charge in [0.25, 0.3) is 0 Å². The first kappa shape index (κ1) is 13.2. The molecule has 0 bridgehead atoms. The highest BCUT2D eigenvalue weighted by Gasteiger charge is 2.12. The Bertz CT molecular complexity index is 799. The number of halogens is 1. The fourth-order valence-corrected chi connectivity index (χ4v) is 2.24. The van der Waals surface area contributed by atoms with Crippen LogP contribution < -0.4 is 5.32 Å². The van der Waals surface area contributed by atoms with Gasteiger partial charge in [0.1, 0.15) is 23.2 Å². The minimum atomic E-state index is -0.514. The third-order valence-corrected chi connectivity index (χ3v) is 3.34. The standard InChI is InChI=1S/C17H13FN2O/c1-11(17-9-12-4-2-3-5-16(12)21-17)20-14-6-7-15(18)13(8-14)10-19/h2-9,11,20H,1H3. The molecule has 0 aliphatic rings. The maximum atomic E-state index is 13.3. The van der Waals surface area contributed by atoms with Crippen LogP contribution in [0.4, 0.5) is 10.1 Å². The normalized spacial score (nSPS) is 12.0. The number of benzene rings is 2. The Morgan fingerprint density at radius 2 is 2.00 bits per heavy atom. The highest BCUT2D eigenvalue weighted by Crippen LogP contribution is 2.26. The third-order valence-electron chi connectivity index (χ3n) is 3.34. The van der Waals surface area contributed by atoms with Gasteiger partial charge >= 0.3 is 0 Å². The van der Waals surface area contributed by atoms with Crippen molar-refractivity contribution in [2.45, 2.75) is 13.0 Å². The van der Waals surface area contributed by atoms with Crippen LogP contribution in [0, 0.1) is 17.1 Å². The quantitative estimate of drug-likeness (QED) is 0.761. The van der Waals surface area contributed by atoms with Gasteiger partial charge in [-0.2, -0.15) is 5.26 Å². The first-order valence-electron chi connectivity index (χ1n) is 6.62. The average Bonchev–Trinajstić information content (AvgIpc) is 2.93. The van der Waals surface area contributed by atoms with Gasteiger partial charge in [-0.15, -0.1) is 0 Å². The minimum absolute atomic E-state index is 0.0248. The molecule has 0 amide bonds. The lowest BCUT2D eigenvalue weighted by atomic mass is 10.1. The van der Waals surface area contributed by atoms with Crippen molar-refractivity contribution in [3.05, 3.63) is 65.7 Å². The minimum Gasteiger partial charge on any atom is -0.459 e. The van der Waals surface area contributed by atoms with Gasteiger partial charge in [-0.05, 0) is 37.3 Å². The monoisotopic (exact) mass is 280 g/mol. The van der Waals surface area contributed by atoms with E-state index in [9.17, 15) is 4.39 Å². The first-order valence-corrected chi connectivity index (χ1v) is 6.62. The van der Waals surface area contributed by atoms with Crippen LogP contribution in [0.2, 0.25) is 0 Å². The second-order valence-electron chi connectivity index (χ2n) is 4.86. The molecule has 1 heterocycles. The van der Waals surface area contributed by atoms with Crippen LogP contribution in [0.15, 0.2) is 52.9 Å². The maximum absolute atomic E-state index is 13.3. The molecule has 2 aromatic carbocycles. The molecule has 0 saturated heterocycles. The van der Waals surface area contributed by atoms with Crippen LogP contribution in [0.3, 0.4) is 0 Å². The second kappa shape index (κ2) is 5.29. The van der Waals surface area contributed by atoms with Crippen molar-refractivity contribution in [1.29, 1.82) is 5.26 Å². The van der Waals surface area contributed by atoms with E-state index in [1.165, 1.54) is 12.1 Å². The lowest BCUT2D eigenvalue weighted by molar-refractivity contribution is 0.526. The lowest BCUT2D eigenvalue weighted by Gasteiger charge is -2.13. The predicted molar refractivity (Wildman–Crippen MR) is 79.4 cm³/mol. The van der Waals surface area contributed by atoms with Gasteiger partial charge in [-0.3, -0.25) is 0 Å². The molecule has 0 saturated carbocycles. The molecule has 0 aliphatic heterocycles. The lowest BCUT2D eigenvalue weighted by Crippen LogP contribution is -2.05. The summed E-state index contributed by atoms with van der Waals surface area (Å²) in [6.45, 7) is 1.95. The summed E-state index contributed by atoms with van der Waals surface area (Å²) < 4.78 is 19.1. The molecule has 0 spiro atoms. The van der Waals surface area contributed by atoms with Crippen molar-refractivity contribution in [2.75, 3.05) is 5.32 Å². The summed E-state index contributed by atoms with van der Waals surface area (Å²) in [5, 5.41) is 13.1. The molecule has 0 radical (unpaired) electrons. The molecule has 1 aromatic heterocycles. The van der Waals surface area contributed by atoms with E-state index in [1.54, 1.807) is 6.07 Å². The molecule has 104 valence electrons. The number of nitrogens with zero attached hydrogens (tertiary/aromatic N) is 1. The van der Waals surface area contributed by atoms with Gasteiger partial charge in [0.15, 0.2) is 0 Å². The van der Waals surface area contributed by atoms with Gasteiger partial charge in [-0.1, -0.05) is 18.2 Å². The number of rotatable bonds is 3. The van der Waals surface area contributed by atoms with E-state index in [0.29, 0.717) is 5.69 Å². The van der Waals surface area contributed by atoms with Gasteiger partial charge in [0.05, 0.1) is 11.6 Å². The number of furan rings is 1. The first-order chi connectivity index (χ1) is 10.2. The Morgan fingerprint density at radius 1 is 1.19 bits per heavy atom. The van der Waals surface area contributed by atoms with E-state index in [2.05, 4.69) is 5.32 Å². The van der Waals surface area contributed by atoms with Gasteiger partial charge < -0.3 is 9.73 Å². The number of hydrogen-bond donors (Lipinski definition) is 1. The van der Waals surface area contributed by atoms with Crippen LogP contribution in [-0.4, -0.2) is 0 Å². The van der Waals surface area contributed by atoms with Crippen LogP contribution in [-0.2, 0) is 0 Å². The maximum Gasteiger partial charge on any atom is 0.141 e. The largest absolute Gasteiger partial charge is 0.459 e. The highest BCUT2D eigenvalue weighted by molar-refractivity contribution is 5.77. The van der Waals surface area contributed by atoms with Gasteiger partial charge in [0, 0.05) is 11.1 Å². The smallest absolute Gasteiger partial charge is 0.141 e. The van der Waals surface area contributed by atoms with Crippen molar-refractivity contribution in [2.24, 2.45) is 0 Å². The molecule has 0 aliphatic carbocycles. The Hall–Kier alpha value is -2.80.